The van der Waals surface area contributed by atoms with Gasteiger partial charge in [0.15, 0.2) is 0 Å². The second-order valence-electron chi connectivity index (χ2n) is 2.30. The van der Waals surface area contributed by atoms with E-state index in [0.717, 1.165) is 12.1 Å². The predicted molar refractivity (Wildman–Crippen MR) is 35.5 cm³/mol. The number of nitrogens with one attached hydrogen (secondary N) is 1. The van der Waals surface area contributed by atoms with Crippen LogP contribution in [0, 0.1) is 0 Å². The Hall–Kier alpha value is -0.720. The van der Waals surface area contributed by atoms with Crippen LogP contribution in [0.2, 0.25) is 0 Å². The molecule has 1 aliphatic rings. The van der Waals surface area contributed by atoms with Crippen LogP contribution in [0.1, 0.15) is 13.3 Å². The van der Waals surface area contributed by atoms with Gasteiger partial charge >= 0.3 is 0 Å². The van der Waals surface area contributed by atoms with E-state index in [1.807, 2.05) is 0 Å². The summed E-state index contributed by atoms with van der Waals surface area (Å²) in [5.41, 5.74) is 2.34. The van der Waals surface area contributed by atoms with Crippen LogP contribution in [0.15, 0.2) is 24.4 Å². The molecule has 1 atom stereocenters. The minimum atomic E-state index is 0.447. The zero-order chi connectivity index (χ0) is 6.15. The molecular weight excluding hydrogens is 98.1 g/mol. The molecule has 8 heavy (non-hydrogen) atoms. The van der Waals surface area contributed by atoms with Crippen LogP contribution < -0.4 is 5.32 Å². The third-order valence-corrected chi connectivity index (χ3v) is 1.47. The lowest BCUT2D eigenvalue weighted by Gasteiger charge is -2.01. The summed E-state index contributed by atoms with van der Waals surface area (Å²) < 4.78 is 0. The smallest absolute Gasteiger partial charge is 0.0443 e. The quantitative estimate of drug-likeness (QED) is 0.464. The zero-order valence-electron chi connectivity index (χ0n) is 5.20. The van der Waals surface area contributed by atoms with E-state index in [-0.39, 0.29) is 0 Å². The average molecular weight is 109 g/mol. The number of rotatable bonds is 0. The van der Waals surface area contributed by atoms with Gasteiger partial charge < -0.3 is 5.32 Å². The summed E-state index contributed by atoms with van der Waals surface area (Å²) in [7, 11) is 0. The van der Waals surface area contributed by atoms with Gasteiger partial charge in [-0.2, -0.15) is 0 Å². The van der Waals surface area contributed by atoms with Crippen molar-refractivity contribution in [3.8, 4) is 0 Å². The van der Waals surface area contributed by atoms with Crippen LogP contribution in [-0.2, 0) is 0 Å². The largest absolute Gasteiger partial charge is 0.382 e. The van der Waals surface area contributed by atoms with Gasteiger partial charge in [0, 0.05) is 18.2 Å². The Bertz CT molecular complexity index is 135. The molecule has 0 amide bonds. The fourth-order valence-electron chi connectivity index (χ4n) is 0.886. The Morgan fingerprint density at radius 3 is 2.38 bits per heavy atom. The van der Waals surface area contributed by atoms with E-state index in [4.69, 9.17) is 0 Å². The summed E-state index contributed by atoms with van der Waals surface area (Å²) in [6.07, 6.45) is 0.959. The first-order chi connectivity index (χ1) is 3.70. The summed E-state index contributed by atoms with van der Waals surface area (Å²) in [5, 5.41) is 3.17. The number of allylic oxidation sites excluding steroid dienone is 1. The summed E-state index contributed by atoms with van der Waals surface area (Å²) in [4.78, 5) is 0. The van der Waals surface area contributed by atoms with Crippen LogP contribution in [0.3, 0.4) is 0 Å². The van der Waals surface area contributed by atoms with Crippen LogP contribution in [0.5, 0.6) is 0 Å². The first kappa shape index (κ1) is 5.42. The molecule has 0 aliphatic carbocycles. The lowest BCUT2D eigenvalue weighted by molar-refractivity contribution is 0.773. The molecule has 0 aromatic carbocycles. The highest BCUT2D eigenvalue weighted by molar-refractivity contribution is 5.22. The molecule has 1 rings (SSSR count). The van der Waals surface area contributed by atoms with Crippen molar-refractivity contribution >= 4 is 0 Å². The minimum Gasteiger partial charge on any atom is -0.382 e. The maximum Gasteiger partial charge on any atom is 0.0443 e. The Morgan fingerprint density at radius 2 is 2.25 bits per heavy atom. The van der Waals surface area contributed by atoms with E-state index in [0.29, 0.717) is 6.04 Å². The Labute approximate surface area is 50.1 Å². The van der Waals surface area contributed by atoms with E-state index >= 15 is 0 Å². The van der Waals surface area contributed by atoms with Crippen LogP contribution >= 0.6 is 0 Å². The fourth-order valence-corrected chi connectivity index (χ4v) is 0.886. The number of hydrogen-bond acceptors (Lipinski definition) is 1. The second-order valence-corrected chi connectivity index (χ2v) is 2.30. The van der Waals surface area contributed by atoms with Gasteiger partial charge in [0.05, 0.1) is 0 Å². The fraction of sp³-hybridized carbons (Fsp3) is 0.429. The lowest BCUT2D eigenvalue weighted by atomic mass is 10.2. The van der Waals surface area contributed by atoms with Gasteiger partial charge in [0.25, 0.3) is 0 Å². The van der Waals surface area contributed by atoms with Crippen molar-refractivity contribution < 1.29 is 0 Å². The van der Waals surface area contributed by atoms with Crippen molar-refractivity contribution in [1.29, 1.82) is 0 Å². The molecular formula is C7H11N. The first-order valence-corrected chi connectivity index (χ1v) is 2.82. The number of hydrogen-bond donors (Lipinski definition) is 1. The molecule has 44 valence electrons. The Balaban J connectivity index is 2.64. The molecule has 1 fully saturated rings. The normalized spacial score (nSPS) is 28.4. The first-order valence-electron chi connectivity index (χ1n) is 2.82. The molecule has 1 nitrogen and oxygen atoms in total. The maximum absolute atomic E-state index is 3.86. The molecule has 1 saturated heterocycles. The van der Waals surface area contributed by atoms with Crippen molar-refractivity contribution in [2.75, 3.05) is 0 Å². The van der Waals surface area contributed by atoms with Crippen LogP contribution in [-0.4, -0.2) is 6.04 Å². The van der Waals surface area contributed by atoms with Crippen molar-refractivity contribution in [2.24, 2.45) is 0 Å². The molecule has 0 spiro atoms. The summed E-state index contributed by atoms with van der Waals surface area (Å²) in [6, 6.07) is 0.447. The highest BCUT2D eigenvalue weighted by Gasteiger charge is 2.14. The molecule has 1 heterocycles. The van der Waals surface area contributed by atoms with Gasteiger partial charge in [-0.3, -0.25) is 0 Å². The molecule has 0 aromatic rings. The van der Waals surface area contributed by atoms with E-state index in [2.05, 4.69) is 25.4 Å². The van der Waals surface area contributed by atoms with Gasteiger partial charge in [-0.15, -0.1) is 0 Å². The van der Waals surface area contributed by atoms with Crippen molar-refractivity contribution in [2.45, 2.75) is 19.4 Å². The maximum atomic E-state index is 3.86. The van der Waals surface area contributed by atoms with Gasteiger partial charge in [0.2, 0.25) is 0 Å². The minimum absolute atomic E-state index is 0.447. The third kappa shape index (κ3) is 0.760. The molecule has 0 saturated carbocycles. The highest BCUT2D eigenvalue weighted by atomic mass is 14.9. The standard InChI is InChI=1S/C7H11N/c1-5-4-6(2)8-7(5)3/h7-8H,1-2,4H2,3H3. The van der Waals surface area contributed by atoms with E-state index in [1.165, 1.54) is 5.57 Å². The van der Waals surface area contributed by atoms with Crippen molar-refractivity contribution in [3.63, 3.8) is 0 Å². The van der Waals surface area contributed by atoms with Crippen molar-refractivity contribution in [1.82, 2.24) is 5.32 Å². The molecule has 1 N–H and O–H groups in total. The lowest BCUT2D eigenvalue weighted by Crippen LogP contribution is -2.15. The summed E-state index contributed by atoms with van der Waals surface area (Å²) in [5.74, 6) is 0. The molecule has 1 heteroatoms. The Morgan fingerprint density at radius 1 is 1.62 bits per heavy atom. The van der Waals surface area contributed by atoms with Crippen LogP contribution in [0.25, 0.3) is 0 Å². The molecule has 1 aliphatic heterocycles. The third-order valence-electron chi connectivity index (χ3n) is 1.47. The molecule has 1 unspecified atom stereocenters. The topological polar surface area (TPSA) is 12.0 Å². The second kappa shape index (κ2) is 1.66. The summed E-state index contributed by atoms with van der Waals surface area (Å²) >= 11 is 0. The van der Waals surface area contributed by atoms with Gasteiger partial charge in [0.1, 0.15) is 0 Å². The van der Waals surface area contributed by atoms with E-state index < -0.39 is 0 Å². The average Bonchev–Trinajstić information content (AvgIpc) is 1.85. The van der Waals surface area contributed by atoms with E-state index in [1.54, 1.807) is 0 Å². The molecule has 0 bridgehead atoms. The SMILES string of the molecule is C=C1CC(=C)C(C)N1. The van der Waals surface area contributed by atoms with Gasteiger partial charge in [-0.05, 0) is 12.5 Å². The van der Waals surface area contributed by atoms with Crippen LogP contribution in [0.4, 0.5) is 0 Å². The molecule has 0 aromatic heterocycles. The van der Waals surface area contributed by atoms with Gasteiger partial charge in [-0.1, -0.05) is 13.2 Å². The summed E-state index contributed by atoms with van der Waals surface area (Å²) in [6.45, 7) is 9.74. The molecule has 0 radical (unpaired) electrons. The highest BCUT2D eigenvalue weighted by Crippen LogP contribution is 2.17. The van der Waals surface area contributed by atoms with Gasteiger partial charge in [-0.25, -0.2) is 0 Å². The zero-order valence-corrected chi connectivity index (χ0v) is 5.20. The predicted octanol–water partition coefficient (Wildman–Crippen LogP) is 1.44. The van der Waals surface area contributed by atoms with Crippen molar-refractivity contribution in [3.05, 3.63) is 24.4 Å². The Kier molecular flexibility index (Phi) is 1.12. The van der Waals surface area contributed by atoms with E-state index in [9.17, 15) is 0 Å². The monoisotopic (exact) mass is 109 g/mol.